The second-order valence-electron chi connectivity index (χ2n) is 7.87. The number of hydrogen-bond donors (Lipinski definition) is 3. The van der Waals surface area contributed by atoms with E-state index >= 15 is 0 Å². The van der Waals surface area contributed by atoms with Gasteiger partial charge in [0.15, 0.2) is 6.61 Å². The van der Waals surface area contributed by atoms with Gasteiger partial charge in [-0.05, 0) is 50.0 Å². The Morgan fingerprint density at radius 3 is 2.57 bits per heavy atom. The molecule has 1 atom stereocenters. The lowest BCUT2D eigenvalue weighted by atomic mass is 9.96. The molecule has 0 saturated carbocycles. The van der Waals surface area contributed by atoms with Gasteiger partial charge in [-0.2, -0.15) is 0 Å². The van der Waals surface area contributed by atoms with Crippen LogP contribution in [0.3, 0.4) is 0 Å². The summed E-state index contributed by atoms with van der Waals surface area (Å²) in [7, 11) is 1.60. The molecule has 6 heteroatoms. The molecule has 1 aliphatic rings. The average molecular weight is 412 g/mol. The summed E-state index contributed by atoms with van der Waals surface area (Å²) in [5.74, 6) is 1.24. The van der Waals surface area contributed by atoms with Gasteiger partial charge in [0.25, 0.3) is 5.91 Å². The maximum atomic E-state index is 11.4. The number of nitrogens with zero attached hydrogens (tertiary/aromatic N) is 1. The number of para-hydroxylation sites is 1. The minimum Gasteiger partial charge on any atom is -0.483 e. The van der Waals surface area contributed by atoms with Gasteiger partial charge in [0.05, 0.1) is 6.10 Å². The van der Waals surface area contributed by atoms with Crippen LogP contribution < -0.4 is 15.4 Å². The van der Waals surface area contributed by atoms with Crippen LogP contribution in [0, 0.1) is 5.92 Å². The quantitative estimate of drug-likeness (QED) is 0.560. The third kappa shape index (κ3) is 6.83. The van der Waals surface area contributed by atoms with Crippen LogP contribution in [-0.4, -0.2) is 55.7 Å². The molecule has 162 valence electrons. The van der Waals surface area contributed by atoms with Gasteiger partial charge in [0.2, 0.25) is 0 Å². The second-order valence-corrected chi connectivity index (χ2v) is 7.87. The summed E-state index contributed by atoms with van der Waals surface area (Å²) in [5.41, 5.74) is 2.04. The topological polar surface area (TPSA) is 73.8 Å². The smallest absolute Gasteiger partial charge is 0.257 e. The Labute approximate surface area is 179 Å². The van der Waals surface area contributed by atoms with Crippen molar-refractivity contribution in [3.8, 4) is 5.75 Å². The Kier molecular flexibility index (Phi) is 8.68. The van der Waals surface area contributed by atoms with E-state index in [1.807, 2.05) is 54.6 Å². The fourth-order valence-electron chi connectivity index (χ4n) is 3.82. The monoisotopic (exact) mass is 411 g/mol. The van der Waals surface area contributed by atoms with Crippen molar-refractivity contribution in [2.75, 3.05) is 39.8 Å². The van der Waals surface area contributed by atoms with Crippen molar-refractivity contribution >= 4 is 5.91 Å². The highest BCUT2D eigenvalue weighted by molar-refractivity contribution is 5.77. The van der Waals surface area contributed by atoms with Crippen LogP contribution in [-0.2, 0) is 11.3 Å². The molecule has 1 heterocycles. The first-order chi connectivity index (χ1) is 14.7. The van der Waals surface area contributed by atoms with E-state index < -0.39 is 6.10 Å². The zero-order valence-corrected chi connectivity index (χ0v) is 17.7. The van der Waals surface area contributed by atoms with Crippen LogP contribution >= 0.6 is 0 Å². The van der Waals surface area contributed by atoms with Gasteiger partial charge in [-0.15, -0.1) is 0 Å². The number of carbonyl (C=O) groups is 1. The number of rotatable bonds is 10. The number of aliphatic hydroxyl groups excluding tert-OH is 1. The summed E-state index contributed by atoms with van der Waals surface area (Å²) in [6.07, 6.45) is 1.83. The maximum Gasteiger partial charge on any atom is 0.257 e. The van der Waals surface area contributed by atoms with E-state index in [1.54, 1.807) is 7.05 Å². The lowest BCUT2D eigenvalue weighted by molar-refractivity contribution is -0.122. The number of ether oxygens (including phenoxy) is 1. The van der Waals surface area contributed by atoms with E-state index in [0.717, 1.165) is 55.9 Å². The number of likely N-dealkylation sites (N-methyl/N-ethyl adjacent to an activating group) is 1. The molecule has 0 aromatic heterocycles. The van der Waals surface area contributed by atoms with Crippen LogP contribution in [0.5, 0.6) is 5.75 Å². The molecule has 1 fully saturated rings. The fourth-order valence-corrected chi connectivity index (χ4v) is 3.82. The van der Waals surface area contributed by atoms with E-state index in [-0.39, 0.29) is 12.5 Å². The van der Waals surface area contributed by atoms with Crippen molar-refractivity contribution in [1.82, 2.24) is 15.5 Å². The number of β-amino-alcohol motifs (C(OH)–C–C–N with tert-alkyl or cyclic N) is 1. The zero-order valence-electron chi connectivity index (χ0n) is 17.7. The summed E-state index contributed by atoms with van der Waals surface area (Å²) in [6, 6.07) is 17.7. The minimum atomic E-state index is -0.424. The number of amides is 1. The zero-order chi connectivity index (χ0) is 21.2. The van der Waals surface area contributed by atoms with Gasteiger partial charge >= 0.3 is 0 Å². The first-order valence-electron chi connectivity index (χ1n) is 10.7. The standard InChI is InChI=1S/C24H33N3O3/c1-25-24(29)18-30-23-10-6-5-9-21(23)16-26-15-19-11-13-27(14-12-19)17-22(28)20-7-3-2-4-8-20/h2-10,19,22,26,28H,11-18H2,1H3,(H,25,29). The van der Waals surface area contributed by atoms with Crippen LogP contribution in [0.25, 0.3) is 0 Å². The van der Waals surface area contributed by atoms with E-state index in [0.29, 0.717) is 12.5 Å². The molecule has 30 heavy (non-hydrogen) atoms. The molecule has 3 N–H and O–H groups in total. The lowest BCUT2D eigenvalue weighted by Crippen LogP contribution is -2.39. The molecule has 0 spiro atoms. The number of nitrogens with one attached hydrogen (secondary N) is 2. The number of carbonyl (C=O) groups excluding carboxylic acids is 1. The van der Waals surface area contributed by atoms with E-state index in [4.69, 9.17) is 4.74 Å². The third-order valence-electron chi connectivity index (χ3n) is 5.68. The third-order valence-corrected chi connectivity index (χ3v) is 5.68. The Bertz CT molecular complexity index is 776. The molecule has 2 aromatic carbocycles. The fraction of sp³-hybridized carbons (Fsp3) is 0.458. The lowest BCUT2D eigenvalue weighted by Gasteiger charge is -2.33. The van der Waals surface area contributed by atoms with Gasteiger partial charge in [-0.3, -0.25) is 4.79 Å². The molecule has 1 unspecified atom stereocenters. The number of likely N-dealkylation sites (tertiary alicyclic amines) is 1. The molecule has 1 saturated heterocycles. The maximum absolute atomic E-state index is 11.4. The van der Waals surface area contributed by atoms with Gasteiger partial charge in [0.1, 0.15) is 5.75 Å². The van der Waals surface area contributed by atoms with Gasteiger partial charge in [0, 0.05) is 25.7 Å². The predicted octanol–water partition coefficient (Wildman–Crippen LogP) is 2.35. The SMILES string of the molecule is CNC(=O)COc1ccccc1CNCC1CCN(CC(O)c2ccccc2)CC1. The number of benzene rings is 2. The summed E-state index contributed by atoms with van der Waals surface area (Å²) < 4.78 is 5.64. The number of aliphatic hydroxyl groups is 1. The second kappa shape index (κ2) is 11.7. The minimum absolute atomic E-state index is 0.0286. The Balaban J connectivity index is 1.38. The predicted molar refractivity (Wildman–Crippen MR) is 118 cm³/mol. The average Bonchev–Trinajstić information content (AvgIpc) is 2.80. The molecular formula is C24H33N3O3. The molecule has 1 aliphatic heterocycles. The van der Waals surface area contributed by atoms with E-state index in [9.17, 15) is 9.90 Å². The van der Waals surface area contributed by atoms with Crippen molar-refractivity contribution in [2.45, 2.75) is 25.5 Å². The molecule has 6 nitrogen and oxygen atoms in total. The normalized spacial score (nSPS) is 16.2. The Morgan fingerprint density at radius 2 is 1.83 bits per heavy atom. The summed E-state index contributed by atoms with van der Waals surface area (Å²) in [4.78, 5) is 13.8. The first kappa shape index (κ1) is 22.3. The van der Waals surface area contributed by atoms with Gasteiger partial charge in [-0.1, -0.05) is 48.5 Å². The van der Waals surface area contributed by atoms with Crippen molar-refractivity contribution in [1.29, 1.82) is 0 Å². The highest BCUT2D eigenvalue weighted by Gasteiger charge is 2.21. The van der Waals surface area contributed by atoms with Crippen molar-refractivity contribution in [3.05, 3.63) is 65.7 Å². The van der Waals surface area contributed by atoms with Crippen molar-refractivity contribution in [2.24, 2.45) is 5.92 Å². The summed E-state index contributed by atoms with van der Waals surface area (Å²) in [6.45, 7) is 4.43. The summed E-state index contributed by atoms with van der Waals surface area (Å²) in [5, 5.41) is 16.5. The van der Waals surface area contributed by atoms with Crippen LogP contribution in [0.2, 0.25) is 0 Å². The molecule has 0 bridgehead atoms. The number of piperidine rings is 1. The molecule has 0 aliphatic carbocycles. The van der Waals surface area contributed by atoms with Gasteiger partial charge in [-0.25, -0.2) is 0 Å². The highest BCUT2D eigenvalue weighted by atomic mass is 16.5. The van der Waals surface area contributed by atoms with E-state index in [1.165, 1.54) is 0 Å². The van der Waals surface area contributed by atoms with Crippen LogP contribution in [0.4, 0.5) is 0 Å². The molecule has 1 amide bonds. The molecule has 3 rings (SSSR count). The highest BCUT2D eigenvalue weighted by Crippen LogP contribution is 2.21. The van der Waals surface area contributed by atoms with Crippen molar-refractivity contribution in [3.63, 3.8) is 0 Å². The molecule has 2 aromatic rings. The van der Waals surface area contributed by atoms with Gasteiger partial charge < -0.3 is 25.4 Å². The Morgan fingerprint density at radius 1 is 1.13 bits per heavy atom. The van der Waals surface area contributed by atoms with Crippen molar-refractivity contribution < 1.29 is 14.6 Å². The molecule has 0 radical (unpaired) electrons. The first-order valence-corrected chi connectivity index (χ1v) is 10.7. The van der Waals surface area contributed by atoms with E-state index in [2.05, 4.69) is 15.5 Å². The molecular weight excluding hydrogens is 378 g/mol. The number of hydrogen-bond acceptors (Lipinski definition) is 5. The summed E-state index contributed by atoms with van der Waals surface area (Å²) >= 11 is 0. The largest absolute Gasteiger partial charge is 0.483 e. The Hall–Kier alpha value is -2.41. The van der Waals surface area contributed by atoms with Crippen LogP contribution in [0.15, 0.2) is 54.6 Å². The van der Waals surface area contributed by atoms with Crippen LogP contribution in [0.1, 0.15) is 30.1 Å².